The van der Waals surface area contributed by atoms with Crippen molar-refractivity contribution in [2.24, 2.45) is 0 Å². The summed E-state index contributed by atoms with van der Waals surface area (Å²) in [5.41, 5.74) is 0. The normalized spacial score (nSPS) is 19.3. The Balaban J connectivity index is 0.00000128. The van der Waals surface area contributed by atoms with Crippen LogP contribution in [0.5, 0.6) is 0 Å². The van der Waals surface area contributed by atoms with Crippen molar-refractivity contribution >= 4 is 28.6 Å². The SMILES string of the molecule is CCOC(=O)C1CCC[N+]1=c1sccs1.[Cl-]. The number of ether oxygens (including phenoxy) is 1. The highest BCUT2D eigenvalue weighted by Crippen LogP contribution is 2.12. The number of carbonyl (C=O) groups excluding carboxylic acids is 1. The first kappa shape index (κ1) is 13.7. The van der Waals surface area contributed by atoms with Gasteiger partial charge in [-0.25, -0.2) is 4.79 Å². The Morgan fingerprint density at radius 2 is 2.25 bits per heavy atom. The Morgan fingerprint density at radius 3 is 2.88 bits per heavy atom. The molecule has 6 heteroatoms. The minimum atomic E-state index is -0.0735. The Bertz CT molecular complexity index is 396. The molecule has 0 N–H and O–H groups in total. The number of halogens is 1. The lowest BCUT2D eigenvalue weighted by Crippen LogP contribution is -3.00. The number of carbonyl (C=O) groups is 1. The second kappa shape index (κ2) is 6.37. The zero-order valence-electron chi connectivity index (χ0n) is 9.02. The van der Waals surface area contributed by atoms with Crippen LogP contribution in [-0.2, 0) is 9.53 Å². The molecule has 0 bridgehead atoms. The molecule has 0 aliphatic carbocycles. The van der Waals surface area contributed by atoms with E-state index in [2.05, 4.69) is 15.3 Å². The van der Waals surface area contributed by atoms with Gasteiger partial charge in [0.15, 0.2) is 0 Å². The molecule has 1 aliphatic heterocycles. The van der Waals surface area contributed by atoms with Crippen molar-refractivity contribution in [3.8, 4) is 0 Å². The molecule has 1 aliphatic rings. The molecule has 1 unspecified atom stereocenters. The summed E-state index contributed by atoms with van der Waals surface area (Å²) in [4.78, 5) is 11.7. The number of hydrogen-bond acceptors (Lipinski definition) is 4. The van der Waals surface area contributed by atoms with Crippen LogP contribution in [0.25, 0.3) is 0 Å². The van der Waals surface area contributed by atoms with E-state index in [-0.39, 0.29) is 24.4 Å². The van der Waals surface area contributed by atoms with Crippen molar-refractivity contribution in [1.82, 2.24) is 4.58 Å². The zero-order chi connectivity index (χ0) is 10.7. The maximum atomic E-state index is 11.7. The topological polar surface area (TPSA) is 29.3 Å². The Kier molecular flexibility index (Phi) is 5.44. The fourth-order valence-corrected chi connectivity index (χ4v) is 3.74. The Morgan fingerprint density at radius 1 is 1.56 bits per heavy atom. The lowest BCUT2D eigenvalue weighted by molar-refractivity contribution is -0.145. The van der Waals surface area contributed by atoms with Crippen molar-refractivity contribution in [3.63, 3.8) is 0 Å². The van der Waals surface area contributed by atoms with Crippen LogP contribution < -0.4 is 21.0 Å². The Labute approximate surface area is 109 Å². The first-order valence-corrected chi connectivity index (χ1v) is 6.87. The summed E-state index contributed by atoms with van der Waals surface area (Å²) in [6, 6.07) is -0.0557. The van der Waals surface area contributed by atoms with Crippen LogP contribution in [-0.4, -0.2) is 25.2 Å². The van der Waals surface area contributed by atoms with Crippen LogP contribution in [0.2, 0.25) is 0 Å². The predicted molar refractivity (Wildman–Crippen MR) is 62.0 cm³/mol. The number of hydrogen-bond donors (Lipinski definition) is 0. The molecule has 0 radical (unpaired) electrons. The van der Waals surface area contributed by atoms with E-state index in [0.29, 0.717) is 6.61 Å². The number of nitrogens with zero attached hydrogens (tertiary/aromatic N) is 1. The fraction of sp³-hybridized carbons (Fsp3) is 0.600. The van der Waals surface area contributed by atoms with Crippen molar-refractivity contribution in [2.45, 2.75) is 25.8 Å². The molecule has 1 aromatic heterocycles. The molecule has 0 spiro atoms. The number of rotatable bonds is 2. The predicted octanol–water partition coefficient (Wildman–Crippen LogP) is -1.69. The van der Waals surface area contributed by atoms with Crippen molar-refractivity contribution < 1.29 is 21.9 Å². The van der Waals surface area contributed by atoms with Gasteiger partial charge in [0.25, 0.3) is 6.04 Å². The van der Waals surface area contributed by atoms with Gasteiger partial charge >= 0.3 is 9.95 Å². The standard InChI is InChI=1S/C10H14NO2S2.ClH/c1-2-13-9(12)8-4-3-5-11(8)10-14-6-7-15-10;/h6-8H,2-5H2,1H3;1H/q+1;/p-1. The highest BCUT2D eigenvalue weighted by atomic mass is 35.5. The maximum Gasteiger partial charge on any atom is 0.375 e. The molecule has 1 saturated heterocycles. The maximum absolute atomic E-state index is 11.7. The van der Waals surface area contributed by atoms with Crippen LogP contribution in [0.4, 0.5) is 0 Å². The zero-order valence-corrected chi connectivity index (χ0v) is 11.4. The molecule has 90 valence electrons. The molecule has 2 heterocycles. The van der Waals surface area contributed by atoms with Crippen molar-refractivity contribution in [3.05, 3.63) is 14.7 Å². The minimum Gasteiger partial charge on any atom is -1.00 e. The van der Waals surface area contributed by atoms with Crippen LogP contribution in [0, 0.1) is 0 Å². The van der Waals surface area contributed by atoms with Crippen LogP contribution in [0.3, 0.4) is 0 Å². The minimum absolute atomic E-state index is 0. The van der Waals surface area contributed by atoms with E-state index in [1.54, 1.807) is 22.7 Å². The molecule has 0 aromatic carbocycles. The van der Waals surface area contributed by atoms with Gasteiger partial charge in [0.1, 0.15) is 6.54 Å². The van der Waals surface area contributed by atoms with Gasteiger partial charge in [0, 0.05) is 23.6 Å². The molecule has 0 saturated carbocycles. The average Bonchev–Trinajstić information content (AvgIpc) is 2.88. The van der Waals surface area contributed by atoms with Gasteiger partial charge in [-0.15, -0.1) is 0 Å². The average molecular weight is 280 g/mol. The summed E-state index contributed by atoms with van der Waals surface area (Å²) in [5.74, 6) is -0.0735. The monoisotopic (exact) mass is 279 g/mol. The summed E-state index contributed by atoms with van der Waals surface area (Å²) in [6.07, 6.45) is 2.00. The largest absolute Gasteiger partial charge is 1.00 e. The van der Waals surface area contributed by atoms with E-state index in [1.165, 1.54) is 3.98 Å². The van der Waals surface area contributed by atoms with Crippen molar-refractivity contribution in [1.29, 1.82) is 0 Å². The van der Waals surface area contributed by atoms with Gasteiger partial charge in [0.2, 0.25) is 0 Å². The molecule has 0 amide bonds. The second-order valence-corrected chi connectivity index (χ2v) is 5.42. The third-order valence-corrected chi connectivity index (χ3v) is 4.61. The number of esters is 1. The van der Waals surface area contributed by atoms with Gasteiger partial charge in [-0.1, -0.05) is 22.7 Å². The molecular formula is C10H14ClNO2S2. The molecule has 1 atom stereocenters. The fourth-order valence-electron chi connectivity index (χ4n) is 1.80. The van der Waals surface area contributed by atoms with E-state index in [1.807, 2.05) is 6.92 Å². The van der Waals surface area contributed by atoms with E-state index in [0.717, 1.165) is 19.4 Å². The van der Waals surface area contributed by atoms with E-state index < -0.39 is 0 Å². The molecule has 3 nitrogen and oxygen atoms in total. The van der Waals surface area contributed by atoms with Crippen LogP contribution in [0.1, 0.15) is 19.8 Å². The highest BCUT2D eigenvalue weighted by Gasteiger charge is 2.36. The molecule has 1 aromatic rings. The molecule has 16 heavy (non-hydrogen) atoms. The summed E-state index contributed by atoms with van der Waals surface area (Å²) >= 11 is 3.39. The van der Waals surface area contributed by atoms with E-state index >= 15 is 0 Å². The summed E-state index contributed by atoms with van der Waals surface area (Å²) in [7, 11) is 0. The van der Waals surface area contributed by atoms with Gasteiger partial charge in [-0.2, -0.15) is 4.58 Å². The summed E-state index contributed by atoms with van der Waals surface area (Å²) in [6.45, 7) is 3.29. The third kappa shape index (κ3) is 2.84. The van der Waals surface area contributed by atoms with Gasteiger partial charge < -0.3 is 17.1 Å². The molecule has 1 fully saturated rings. The molecule has 2 rings (SSSR count). The third-order valence-electron chi connectivity index (χ3n) is 2.44. The summed E-state index contributed by atoms with van der Waals surface area (Å²) in [5, 5.41) is 4.11. The smallest absolute Gasteiger partial charge is 0.375 e. The van der Waals surface area contributed by atoms with Gasteiger partial charge in [-0.05, 0) is 6.92 Å². The van der Waals surface area contributed by atoms with Gasteiger partial charge in [0.05, 0.1) is 6.61 Å². The van der Waals surface area contributed by atoms with E-state index in [9.17, 15) is 4.79 Å². The second-order valence-electron chi connectivity index (χ2n) is 3.38. The Hall–Kier alpha value is -0.390. The first-order valence-electron chi connectivity index (χ1n) is 5.11. The van der Waals surface area contributed by atoms with Crippen molar-refractivity contribution in [2.75, 3.05) is 13.2 Å². The summed E-state index contributed by atoms with van der Waals surface area (Å²) < 4.78 is 8.47. The first-order chi connectivity index (χ1) is 7.33. The molecular weight excluding hydrogens is 266 g/mol. The van der Waals surface area contributed by atoms with Crippen LogP contribution >= 0.6 is 22.7 Å². The highest BCUT2D eigenvalue weighted by molar-refractivity contribution is 7.24. The van der Waals surface area contributed by atoms with Gasteiger partial charge in [-0.3, -0.25) is 0 Å². The lowest BCUT2D eigenvalue weighted by atomic mass is 10.2. The van der Waals surface area contributed by atoms with E-state index in [4.69, 9.17) is 4.74 Å². The van der Waals surface area contributed by atoms with Crippen LogP contribution in [0.15, 0.2) is 10.8 Å². The lowest BCUT2D eigenvalue weighted by Gasteiger charge is -2.05. The quantitative estimate of drug-likeness (QED) is 0.478.